The summed E-state index contributed by atoms with van der Waals surface area (Å²) in [7, 11) is -2.01. The Morgan fingerprint density at radius 3 is 2.22 bits per heavy atom. The second kappa shape index (κ2) is 10.7. The van der Waals surface area contributed by atoms with E-state index in [4.69, 9.17) is 0 Å². The van der Waals surface area contributed by atoms with Crippen LogP contribution in [0.4, 0.5) is 5.69 Å². The van der Waals surface area contributed by atoms with Crippen LogP contribution in [0.3, 0.4) is 0 Å². The van der Waals surface area contributed by atoms with Crippen LogP contribution in [0.25, 0.3) is 0 Å². The van der Waals surface area contributed by atoms with Gasteiger partial charge in [-0.3, -0.25) is 9.59 Å². The van der Waals surface area contributed by atoms with Crippen LogP contribution in [0.5, 0.6) is 0 Å². The van der Waals surface area contributed by atoms with Crippen LogP contribution in [0.1, 0.15) is 48.5 Å². The van der Waals surface area contributed by atoms with Crippen molar-refractivity contribution in [3.8, 4) is 0 Å². The minimum absolute atomic E-state index is 0.106. The molecule has 0 bridgehead atoms. The number of anilines is 1. The van der Waals surface area contributed by atoms with E-state index in [9.17, 15) is 18.0 Å². The highest BCUT2D eigenvalue weighted by atomic mass is 32.2. The van der Waals surface area contributed by atoms with E-state index in [1.165, 1.54) is 33.5 Å². The van der Waals surface area contributed by atoms with Crippen molar-refractivity contribution in [2.24, 2.45) is 0 Å². The average Bonchev–Trinajstić information content (AvgIpc) is 3.09. The summed E-state index contributed by atoms with van der Waals surface area (Å²) in [5.41, 5.74) is 2.10. The molecule has 8 heteroatoms. The Bertz CT molecular complexity index is 1040. The number of hydrogen-bond acceptors (Lipinski definition) is 4. The van der Waals surface area contributed by atoms with Crippen LogP contribution in [0, 0.1) is 0 Å². The van der Waals surface area contributed by atoms with Crippen LogP contribution in [0.15, 0.2) is 53.4 Å². The molecule has 2 aromatic carbocycles. The van der Waals surface area contributed by atoms with Gasteiger partial charge >= 0.3 is 0 Å². The molecule has 1 heterocycles. The summed E-state index contributed by atoms with van der Waals surface area (Å²) < 4.78 is 27.3. The zero-order valence-corrected chi connectivity index (χ0v) is 19.5. The Morgan fingerprint density at radius 1 is 0.969 bits per heavy atom. The van der Waals surface area contributed by atoms with Gasteiger partial charge in [0.1, 0.15) is 0 Å². The van der Waals surface area contributed by atoms with Gasteiger partial charge in [-0.1, -0.05) is 38.0 Å². The molecule has 0 aromatic heterocycles. The van der Waals surface area contributed by atoms with E-state index >= 15 is 0 Å². The topological polar surface area (TPSA) is 86.8 Å². The number of carbonyl (C=O) groups is 2. The van der Waals surface area contributed by atoms with E-state index in [-0.39, 0.29) is 23.3 Å². The molecule has 0 spiro atoms. The first-order valence-electron chi connectivity index (χ1n) is 11.1. The lowest BCUT2D eigenvalue weighted by molar-refractivity contribution is -0.116. The highest BCUT2D eigenvalue weighted by molar-refractivity contribution is 7.89. The molecule has 172 valence electrons. The molecular formula is C24H31N3O4S. The van der Waals surface area contributed by atoms with E-state index in [1.807, 2.05) is 31.2 Å². The molecule has 1 aliphatic heterocycles. The molecule has 32 heavy (non-hydrogen) atoms. The fraction of sp³-hybridized carbons (Fsp3) is 0.417. The lowest BCUT2D eigenvalue weighted by atomic mass is 10.1. The van der Waals surface area contributed by atoms with E-state index < -0.39 is 10.0 Å². The summed E-state index contributed by atoms with van der Waals surface area (Å²) in [6.45, 7) is 2.96. The number of aryl methyl sites for hydroxylation is 1. The van der Waals surface area contributed by atoms with Gasteiger partial charge in [-0.2, -0.15) is 4.31 Å². The Balaban J connectivity index is 1.64. The van der Waals surface area contributed by atoms with Crippen molar-refractivity contribution < 1.29 is 18.0 Å². The zero-order valence-electron chi connectivity index (χ0n) is 18.7. The molecule has 3 rings (SSSR count). The molecule has 1 N–H and O–H groups in total. The second-order valence-electron chi connectivity index (χ2n) is 8.06. The summed E-state index contributed by atoms with van der Waals surface area (Å²) in [4.78, 5) is 26.7. The van der Waals surface area contributed by atoms with Crippen LogP contribution in [-0.4, -0.2) is 56.1 Å². The van der Waals surface area contributed by atoms with Crippen LogP contribution in [0.2, 0.25) is 0 Å². The van der Waals surface area contributed by atoms with Crippen molar-refractivity contribution in [2.75, 3.05) is 32.0 Å². The molecule has 7 nitrogen and oxygen atoms in total. The third-order valence-electron chi connectivity index (χ3n) is 5.70. The summed E-state index contributed by atoms with van der Waals surface area (Å²) in [5, 5.41) is 2.85. The van der Waals surface area contributed by atoms with Crippen molar-refractivity contribution in [1.29, 1.82) is 0 Å². The number of amides is 2. The third kappa shape index (κ3) is 5.75. The largest absolute Gasteiger partial charge is 0.332 e. The molecule has 2 amide bonds. The van der Waals surface area contributed by atoms with Crippen molar-refractivity contribution in [2.45, 2.75) is 43.9 Å². The first-order valence-corrected chi connectivity index (χ1v) is 12.5. The minimum atomic E-state index is -3.56. The molecule has 0 unspecified atom stereocenters. The monoisotopic (exact) mass is 457 g/mol. The van der Waals surface area contributed by atoms with Crippen molar-refractivity contribution in [3.05, 3.63) is 59.7 Å². The van der Waals surface area contributed by atoms with Gasteiger partial charge in [-0.15, -0.1) is 0 Å². The molecule has 1 saturated heterocycles. The van der Waals surface area contributed by atoms with Gasteiger partial charge in [-0.05, 0) is 55.2 Å². The van der Waals surface area contributed by atoms with Crippen molar-refractivity contribution >= 4 is 27.5 Å². The van der Waals surface area contributed by atoms with E-state index in [2.05, 4.69) is 5.32 Å². The fourth-order valence-electron chi connectivity index (χ4n) is 3.85. The van der Waals surface area contributed by atoms with Gasteiger partial charge in [0.2, 0.25) is 15.9 Å². The van der Waals surface area contributed by atoms with Crippen LogP contribution < -0.4 is 5.32 Å². The standard InChI is InChI=1S/C24H31N3O4S/c1-3-19-10-6-7-11-22(19)25-23(28)18-26(2)24(29)20-12-14-21(15-13-20)32(30,31)27-16-8-4-5-9-17-27/h6-7,10-15H,3-5,8-9,16-18H2,1-2H3,(H,25,28). The lowest BCUT2D eigenvalue weighted by Crippen LogP contribution is -2.35. The van der Waals surface area contributed by atoms with Crippen LogP contribution >= 0.6 is 0 Å². The number of rotatable bonds is 7. The molecular weight excluding hydrogens is 426 g/mol. The molecule has 0 radical (unpaired) electrons. The summed E-state index contributed by atoms with van der Waals surface area (Å²) in [6.07, 6.45) is 4.61. The highest BCUT2D eigenvalue weighted by Gasteiger charge is 2.25. The minimum Gasteiger partial charge on any atom is -0.332 e. The second-order valence-corrected chi connectivity index (χ2v) is 10.0. The number of carbonyl (C=O) groups excluding carboxylic acids is 2. The zero-order chi connectivity index (χ0) is 23.1. The van der Waals surface area contributed by atoms with Gasteiger partial charge in [0.05, 0.1) is 11.4 Å². The molecule has 1 fully saturated rings. The van der Waals surface area contributed by atoms with Crippen molar-refractivity contribution in [3.63, 3.8) is 0 Å². The molecule has 2 aromatic rings. The van der Waals surface area contributed by atoms with Gasteiger partial charge in [0.25, 0.3) is 5.91 Å². The Kier molecular flexibility index (Phi) is 8.04. The first-order chi connectivity index (χ1) is 15.3. The van der Waals surface area contributed by atoms with Gasteiger partial charge in [0.15, 0.2) is 0 Å². The number of nitrogens with zero attached hydrogens (tertiary/aromatic N) is 2. The Hall–Kier alpha value is -2.71. The lowest BCUT2D eigenvalue weighted by Gasteiger charge is -2.20. The quantitative estimate of drug-likeness (QED) is 0.689. The average molecular weight is 458 g/mol. The molecule has 0 aliphatic carbocycles. The maximum atomic E-state index is 12.9. The third-order valence-corrected chi connectivity index (χ3v) is 7.62. The molecule has 0 atom stereocenters. The first kappa shape index (κ1) is 23.9. The SMILES string of the molecule is CCc1ccccc1NC(=O)CN(C)C(=O)c1ccc(S(=O)(=O)N2CCCCCC2)cc1. The highest BCUT2D eigenvalue weighted by Crippen LogP contribution is 2.21. The Morgan fingerprint density at radius 2 is 1.59 bits per heavy atom. The summed E-state index contributed by atoms with van der Waals surface area (Å²) >= 11 is 0. The van der Waals surface area contributed by atoms with Gasteiger partial charge in [-0.25, -0.2) is 8.42 Å². The predicted molar refractivity (Wildman–Crippen MR) is 125 cm³/mol. The number of para-hydroxylation sites is 1. The smallest absolute Gasteiger partial charge is 0.254 e. The summed E-state index contributed by atoms with van der Waals surface area (Å²) in [5.74, 6) is -0.634. The van der Waals surface area contributed by atoms with Gasteiger partial charge < -0.3 is 10.2 Å². The normalized spacial score (nSPS) is 15.1. The number of sulfonamides is 1. The number of nitrogens with one attached hydrogen (secondary N) is 1. The van der Waals surface area contributed by atoms with Gasteiger partial charge in [0, 0.05) is 31.4 Å². The van der Waals surface area contributed by atoms with E-state index in [1.54, 1.807) is 7.05 Å². The van der Waals surface area contributed by atoms with Crippen LogP contribution in [-0.2, 0) is 21.2 Å². The van der Waals surface area contributed by atoms with E-state index in [0.717, 1.165) is 43.4 Å². The number of likely N-dealkylation sites (N-methyl/N-ethyl adjacent to an activating group) is 1. The predicted octanol–water partition coefficient (Wildman–Crippen LogP) is 3.52. The maximum Gasteiger partial charge on any atom is 0.254 e. The number of benzene rings is 2. The summed E-state index contributed by atoms with van der Waals surface area (Å²) in [6, 6.07) is 13.5. The van der Waals surface area contributed by atoms with Crippen molar-refractivity contribution in [1.82, 2.24) is 9.21 Å². The fourth-order valence-corrected chi connectivity index (χ4v) is 5.37. The molecule has 1 aliphatic rings. The number of hydrogen-bond donors (Lipinski definition) is 1. The Labute approximate surface area is 190 Å². The molecule has 0 saturated carbocycles. The van der Waals surface area contributed by atoms with E-state index in [0.29, 0.717) is 18.7 Å². The maximum absolute atomic E-state index is 12.9.